The SMILES string of the molecule is Cc1ccc(NC(=O)[C@H](C)OC(=O)[C@H](NC(=O)c2cccs2)C(C)C)c(C)c1. The van der Waals surface area contributed by atoms with Gasteiger partial charge in [-0.2, -0.15) is 0 Å². The third-order valence-corrected chi connectivity index (χ3v) is 5.12. The lowest BCUT2D eigenvalue weighted by Gasteiger charge is -2.23. The third kappa shape index (κ3) is 5.66. The van der Waals surface area contributed by atoms with Crippen LogP contribution in [0, 0.1) is 19.8 Å². The van der Waals surface area contributed by atoms with Gasteiger partial charge in [0.05, 0.1) is 4.88 Å². The quantitative estimate of drug-likeness (QED) is 0.692. The molecule has 0 spiro atoms. The summed E-state index contributed by atoms with van der Waals surface area (Å²) in [6.07, 6.45) is -0.993. The van der Waals surface area contributed by atoms with E-state index in [4.69, 9.17) is 4.74 Å². The fourth-order valence-corrected chi connectivity index (χ4v) is 3.23. The van der Waals surface area contributed by atoms with Crippen molar-refractivity contribution < 1.29 is 19.1 Å². The summed E-state index contributed by atoms with van der Waals surface area (Å²) in [7, 11) is 0. The number of benzene rings is 1. The van der Waals surface area contributed by atoms with E-state index in [0.29, 0.717) is 10.6 Å². The van der Waals surface area contributed by atoms with E-state index in [1.165, 1.54) is 18.3 Å². The molecule has 2 amide bonds. The van der Waals surface area contributed by atoms with Crippen LogP contribution in [0.5, 0.6) is 0 Å². The van der Waals surface area contributed by atoms with E-state index < -0.39 is 24.0 Å². The van der Waals surface area contributed by atoms with Gasteiger partial charge in [-0.3, -0.25) is 9.59 Å². The number of ether oxygens (including phenoxy) is 1. The predicted octanol–water partition coefficient (Wildman–Crippen LogP) is 3.69. The average Bonchev–Trinajstić information content (AvgIpc) is 3.16. The Labute approximate surface area is 169 Å². The molecule has 1 aromatic heterocycles. The summed E-state index contributed by atoms with van der Waals surface area (Å²) in [4.78, 5) is 37.7. The van der Waals surface area contributed by atoms with Crippen molar-refractivity contribution in [3.05, 3.63) is 51.7 Å². The van der Waals surface area contributed by atoms with Gasteiger partial charge in [0.25, 0.3) is 11.8 Å². The van der Waals surface area contributed by atoms with Gasteiger partial charge in [0.15, 0.2) is 6.10 Å². The number of amides is 2. The number of thiophene rings is 1. The van der Waals surface area contributed by atoms with Crippen LogP contribution in [0.1, 0.15) is 41.6 Å². The summed E-state index contributed by atoms with van der Waals surface area (Å²) in [5, 5.41) is 7.25. The minimum atomic E-state index is -0.993. The van der Waals surface area contributed by atoms with Crippen LogP contribution in [-0.4, -0.2) is 29.9 Å². The van der Waals surface area contributed by atoms with Crippen molar-refractivity contribution in [1.82, 2.24) is 5.32 Å². The van der Waals surface area contributed by atoms with Crippen LogP contribution < -0.4 is 10.6 Å². The predicted molar refractivity (Wildman–Crippen MR) is 111 cm³/mol. The molecular weight excluding hydrogens is 376 g/mol. The molecule has 0 bridgehead atoms. The van der Waals surface area contributed by atoms with Crippen molar-refractivity contribution in [3.63, 3.8) is 0 Å². The number of aryl methyl sites for hydroxylation is 2. The Kier molecular flexibility index (Phi) is 7.34. The molecule has 150 valence electrons. The zero-order chi connectivity index (χ0) is 20.8. The van der Waals surface area contributed by atoms with Crippen molar-refractivity contribution in [2.24, 2.45) is 5.92 Å². The molecule has 0 radical (unpaired) electrons. The van der Waals surface area contributed by atoms with Gasteiger partial charge in [-0.1, -0.05) is 37.6 Å². The zero-order valence-corrected chi connectivity index (χ0v) is 17.6. The first-order valence-corrected chi connectivity index (χ1v) is 10.00. The van der Waals surface area contributed by atoms with Gasteiger partial charge in [0.1, 0.15) is 6.04 Å². The second kappa shape index (κ2) is 9.50. The summed E-state index contributed by atoms with van der Waals surface area (Å²) < 4.78 is 5.33. The van der Waals surface area contributed by atoms with Crippen molar-refractivity contribution in [3.8, 4) is 0 Å². The molecule has 0 unspecified atom stereocenters. The molecule has 6 nitrogen and oxygen atoms in total. The molecule has 0 saturated carbocycles. The number of carbonyl (C=O) groups excluding carboxylic acids is 3. The standard InChI is InChI=1S/C21H26N2O4S/c1-12(2)18(23-20(25)17-7-6-10-28-17)21(26)27-15(5)19(24)22-16-9-8-13(3)11-14(16)4/h6-12,15,18H,1-5H3,(H,22,24)(H,23,25)/t15-,18+/m0/s1. The topological polar surface area (TPSA) is 84.5 Å². The Hall–Kier alpha value is -2.67. The summed E-state index contributed by atoms with van der Waals surface area (Å²) in [5.74, 6) is -1.58. The van der Waals surface area contributed by atoms with Gasteiger partial charge < -0.3 is 15.4 Å². The fraction of sp³-hybridized carbons (Fsp3) is 0.381. The van der Waals surface area contributed by atoms with Gasteiger partial charge in [0, 0.05) is 5.69 Å². The number of nitrogens with one attached hydrogen (secondary N) is 2. The molecule has 2 rings (SSSR count). The number of hydrogen-bond acceptors (Lipinski definition) is 5. The third-order valence-electron chi connectivity index (χ3n) is 4.25. The Bertz CT molecular complexity index is 846. The number of hydrogen-bond donors (Lipinski definition) is 2. The van der Waals surface area contributed by atoms with E-state index in [0.717, 1.165) is 11.1 Å². The van der Waals surface area contributed by atoms with E-state index >= 15 is 0 Å². The Morgan fingerprint density at radius 3 is 2.36 bits per heavy atom. The lowest BCUT2D eigenvalue weighted by molar-refractivity contribution is -0.156. The zero-order valence-electron chi connectivity index (χ0n) is 16.7. The highest BCUT2D eigenvalue weighted by Gasteiger charge is 2.29. The highest BCUT2D eigenvalue weighted by molar-refractivity contribution is 7.12. The maximum Gasteiger partial charge on any atom is 0.329 e. The first-order valence-electron chi connectivity index (χ1n) is 9.12. The summed E-state index contributed by atoms with van der Waals surface area (Å²) in [5.41, 5.74) is 2.69. The van der Waals surface area contributed by atoms with E-state index in [1.54, 1.807) is 31.4 Å². The molecule has 0 fully saturated rings. The lowest BCUT2D eigenvalue weighted by Crippen LogP contribution is -2.47. The molecule has 0 aliphatic carbocycles. The van der Waals surface area contributed by atoms with Crippen molar-refractivity contribution in [1.29, 1.82) is 0 Å². The van der Waals surface area contributed by atoms with E-state index in [-0.39, 0.29) is 11.8 Å². The number of anilines is 1. The first-order chi connectivity index (χ1) is 13.2. The number of esters is 1. The summed E-state index contributed by atoms with van der Waals surface area (Å²) in [6.45, 7) is 8.99. The molecule has 0 aliphatic rings. The molecule has 0 aliphatic heterocycles. The van der Waals surface area contributed by atoms with Gasteiger partial charge in [0.2, 0.25) is 0 Å². The second-order valence-electron chi connectivity index (χ2n) is 7.06. The Morgan fingerprint density at radius 2 is 1.79 bits per heavy atom. The van der Waals surface area contributed by atoms with Crippen molar-refractivity contribution >= 4 is 34.8 Å². The van der Waals surface area contributed by atoms with Crippen LogP contribution in [0.4, 0.5) is 5.69 Å². The molecule has 2 aromatic rings. The molecule has 7 heteroatoms. The smallest absolute Gasteiger partial charge is 0.329 e. The molecule has 1 aromatic carbocycles. The fourth-order valence-electron chi connectivity index (χ4n) is 2.61. The van der Waals surface area contributed by atoms with Gasteiger partial charge in [-0.05, 0) is 49.8 Å². The van der Waals surface area contributed by atoms with Crippen LogP contribution in [0.3, 0.4) is 0 Å². The first kappa shape index (κ1) is 21.6. The highest BCUT2D eigenvalue weighted by Crippen LogP contribution is 2.17. The van der Waals surface area contributed by atoms with E-state index in [1.807, 2.05) is 32.0 Å². The lowest BCUT2D eigenvalue weighted by atomic mass is 10.0. The molecule has 1 heterocycles. The van der Waals surface area contributed by atoms with Gasteiger partial charge in [-0.25, -0.2) is 4.79 Å². The van der Waals surface area contributed by atoms with Crippen LogP contribution in [0.2, 0.25) is 0 Å². The minimum Gasteiger partial charge on any atom is -0.451 e. The normalized spacial score (nSPS) is 12.9. The average molecular weight is 403 g/mol. The maximum atomic E-state index is 12.6. The maximum absolute atomic E-state index is 12.6. The number of carbonyl (C=O) groups is 3. The van der Waals surface area contributed by atoms with Gasteiger partial charge >= 0.3 is 5.97 Å². The van der Waals surface area contributed by atoms with Gasteiger partial charge in [-0.15, -0.1) is 11.3 Å². The van der Waals surface area contributed by atoms with Crippen molar-refractivity contribution in [2.75, 3.05) is 5.32 Å². The summed E-state index contributed by atoms with van der Waals surface area (Å²) >= 11 is 1.29. The van der Waals surface area contributed by atoms with E-state index in [9.17, 15) is 14.4 Å². The largest absolute Gasteiger partial charge is 0.451 e. The van der Waals surface area contributed by atoms with E-state index in [2.05, 4.69) is 10.6 Å². The molecule has 2 N–H and O–H groups in total. The number of rotatable bonds is 7. The second-order valence-corrected chi connectivity index (χ2v) is 8.01. The molecule has 0 saturated heterocycles. The Balaban J connectivity index is 1.99. The Morgan fingerprint density at radius 1 is 1.07 bits per heavy atom. The van der Waals surface area contributed by atoms with Crippen LogP contribution in [-0.2, 0) is 14.3 Å². The van der Waals surface area contributed by atoms with Crippen LogP contribution in [0.25, 0.3) is 0 Å². The van der Waals surface area contributed by atoms with Crippen LogP contribution >= 0.6 is 11.3 Å². The molecule has 28 heavy (non-hydrogen) atoms. The van der Waals surface area contributed by atoms with Crippen molar-refractivity contribution in [2.45, 2.75) is 46.8 Å². The highest BCUT2D eigenvalue weighted by atomic mass is 32.1. The minimum absolute atomic E-state index is 0.189. The van der Waals surface area contributed by atoms with Crippen LogP contribution in [0.15, 0.2) is 35.7 Å². The molecular formula is C21H26N2O4S. The monoisotopic (exact) mass is 402 g/mol. The molecule has 2 atom stereocenters. The summed E-state index contributed by atoms with van der Waals surface area (Å²) in [6, 6.07) is 8.28.